The summed E-state index contributed by atoms with van der Waals surface area (Å²) in [6.45, 7) is 2.20. The van der Waals surface area contributed by atoms with E-state index < -0.39 is 0 Å². The molecular weight excluding hydrogens is 240 g/mol. The highest BCUT2D eigenvalue weighted by Gasteiger charge is 2.12. The minimum atomic E-state index is 0.215. The molecule has 0 aromatic heterocycles. The van der Waals surface area contributed by atoms with Crippen molar-refractivity contribution in [3.8, 4) is 0 Å². The molecule has 0 aliphatic heterocycles. The summed E-state index contributed by atoms with van der Waals surface area (Å²) < 4.78 is 0. The number of hydrazine groups is 1. The second-order valence-electron chi connectivity index (χ2n) is 4.36. The molecule has 2 aromatic carbocycles. The van der Waals surface area contributed by atoms with Crippen LogP contribution in [0.15, 0.2) is 42.5 Å². The van der Waals surface area contributed by atoms with E-state index in [4.69, 9.17) is 5.84 Å². The van der Waals surface area contributed by atoms with Gasteiger partial charge in [0.1, 0.15) is 0 Å². The summed E-state index contributed by atoms with van der Waals surface area (Å²) in [4.78, 5) is 0. The number of hydrogen-bond donors (Lipinski definition) is 2. The fourth-order valence-electron chi connectivity index (χ4n) is 2.13. The van der Waals surface area contributed by atoms with Gasteiger partial charge < -0.3 is 0 Å². The average molecular weight is 260 g/mol. The van der Waals surface area contributed by atoms with Gasteiger partial charge in [0.2, 0.25) is 0 Å². The minimum Gasteiger partial charge on any atom is -0.271 e. The van der Waals surface area contributed by atoms with Gasteiger partial charge in [0.25, 0.3) is 0 Å². The summed E-state index contributed by atoms with van der Waals surface area (Å²) in [6, 6.07) is 15.1. The van der Waals surface area contributed by atoms with Crippen LogP contribution in [-0.2, 0) is 0 Å². The van der Waals surface area contributed by atoms with Crippen molar-refractivity contribution in [3.05, 3.63) is 48.0 Å². The number of hydrogen-bond acceptors (Lipinski definition) is 3. The van der Waals surface area contributed by atoms with E-state index >= 15 is 0 Å². The van der Waals surface area contributed by atoms with Crippen molar-refractivity contribution in [1.29, 1.82) is 0 Å². The Morgan fingerprint density at radius 3 is 2.72 bits per heavy atom. The lowest BCUT2D eigenvalue weighted by molar-refractivity contribution is 0.614. The maximum atomic E-state index is 5.71. The summed E-state index contributed by atoms with van der Waals surface area (Å²) in [5.41, 5.74) is 4.24. The molecule has 0 bridgehead atoms. The molecule has 0 amide bonds. The van der Waals surface area contributed by atoms with Gasteiger partial charge >= 0.3 is 0 Å². The lowest BCUT2D eigenvalue weighted by Gasteiger charge is -2.18. The monoisotopic (exact) mass is 260 g/mol. The summed E-state index contributed by atoms with van der Waals surface area (Å²) in [5, 5.41) is 2.57. The van der Waals surface area contributed by atoms with Crippen LogP contribution in [0.25, 0.3) is 10.8 Å². The average Bonchev–Trinajstić information content (AvgIpc) is 2.43. The molecule has 0 radical (unpaired) electrons. The van der Waals surface area contributed by atoms with E-state index in [1.54, 1.807) is 0 Å². The maximum Gasteiger partial charge on any atom is 0.0556 e. The SMILES string of the molecule is CCCSCC(NN)c1cccc2ccccc12. The molecule has 0 heterocycles. The molecule has 0 saturated carbocycles. The topological polar surface area (TPSA) is 38.0 Å². The third-order valence-corrected chi connectivity index (χ3v) is 4.30. The van der Waals surface area contributed by atoms with Crippen LogP contribution in [0.2, 0.25) is 0 Å². The highest BCUT2D eigenvalue weighted by molar-refractivity contribution is 7.99. The van der Waals surface area contributed by atoms with Crippen LogP contribution in [0.5, 0.6) is 0 Å². The van der Waals surface area contributed by atoms with Crippen molar-refractivity contribution in [2.24, 2.45) is 5.84 Å². The Morgan fingerprint density at radius 1 is 1.17 bits per heavy atom. The first-order valence-electron chi connectivity index (χ1n) is 6.38. The summed E-state index contributed by atoms with van der Waals surface area (Å²) in [7, 11) is 0. The predicted octanol–water partition coefficient (Wildman–Crippen LogP) is 3.49. The highest BCUT2D eigenvalue weighted by atomic mass is 32.2. The van der Waals surface area contributed by atoms with Crippen LogP contribution in [0, 0.1) is 0 Å². The van der Waals surface area contributed by atoms with Gasteiger partial charge in [-0.1, -0.05) is 49.4 Å². The van der Waals surface area contributed by atoms with Crippen LogP contribution in [0.4, 0.5) is 0 Å². The fraction of sp³-hybridized carbons (Fsp3) is 0.333. The molecule has 0 fully saturated rings. The molecule has 18 heavy (non-hydrogen) atoms. The number of rotatable bonds is 6. The third kappa shape index (κ3) is 3.05. The molecule has 3 heteroatoms. The molecular formula is C15H20N2S. The van der Waals surface area contributed by atoms with E-state index in [0.29, 0.717) is 0 Å². The number of thioether (sulfide) groups is 1. The van der Waals surface area contributed by atoms with Crippen LogP contribution < -0.4 is 11.3 Å². The van der Waals surface area contributed by atoms with Crippen LogP contribution in [-0.4, -0.2) is 11.5 Å². The highest BCUT2D eigenvalue weighted by Crippen LogP contribution is 2.26. The lowest BCUT2D eigenvalue weighted by atomic mass is 10.00. The smallest absolute Gasteiger partial charge is 0.0556 e. The number of nitrogens with two attached hydrogens (primary N) is 1. The summed E-state index contributed by atoms with van der Waals surface area (Å²) in [5.74, 6) is 7.91. The Labute approximate surface area is 113 Å². The minimum absolute atomic E-state index is 0.215. The van der Waals surface area contributed by atoms with Crippen LogP contribution in [0.1, 0.15) is 24.9 Å². The van der Waals surface area contributed by atoms with Crippen molar-refractivity contribution in [3.63, 3.8) is 0 Å². The van der Waals surface area contributed by atoms with Gasteiger partial charge in [0.15, 0.2) is 0 Å². The molecule has 0 aliphatic rings. The summed E-state index contributed by atoms with van der Waals surface area (Å²) >= 11 is 1.95. The predicted molar refractivity (Wildman–Crippen MR) is 81.6 cm³/mol. The van der Waals surface area contributed by atoms with Gasteiger partial charge in [-0.15, -0.1) is 0 Å². The van der Waals surface area contributed by atoms with Crippen LogP contribution in [0.3, 0.4) is 0 Å². The molecule has 3 N–H and O–H groups in total. The van der Waals surface area contributed by atoms with Crippen molar-refractivity contribution in [2.75, 3.05) is 11.5 Å². The molecule has 0 saturated heterocycles. The van der Waals surface area contributed by atoms with Gasteiger partial charge in [-0.05, 0) is 28.5 Å². The zero-order chi connectivity index (χ0) is 12.8. The first-order chi connectivity index (χ1) is 8.86. The van der Waals surface area contributed by atoms with Crippen molar-refractivity contribution < 1.29 is 0 Å². The summed E-state index contributed by atoms with van der Waals surface area (Å²) in [6.07, 6.45) is 1.21. The molecule has 2 rings (SSSR count). The number of nitrogens with one attached hydrogen (secondary N) is 1. The van der Waals surface area contributed by atoms with Crippen molar-refractivity contribution in [2.45, 2.75) is 19.4 Å². The van der Waals surface area contributed by atoms with Gasteiger partial charge in [0, 0.05) is 5.75 Å². The standard InChI is InChI=1S/C15H20N2S/c1-2-10-18-11-15(17-16)14-9-5-7-12-6-3-4-8-13(12)14/h3-9,15,17H,2,10-11,16H2,1H3. The number of benzene rings is 2. The molecule has 0 spiro atoms. The normalized spacial score (nSPS) is 12.8. The molecule has 0 aliphatic carbocycles. The zero-order valence-electron chi connectivity index (χ0n) is 10.7. The van der Waals surface area contributed by atoms with Gasteiger partial charge in [0.05, 0.1) is 6.04 Å². The Bertz CT molecular complexity index is 493. The Balaban J connectivity index is 2.27. The maximum absolute atomic E-state index is 5.71. The zero-order valence-corrected chi connectivity index (χ0v) is 11.5. The Hall–Kier alpha value is -1.03. The van der Waals surface area contributed by atoms with E-state index in [-0.39, 0.29) is 6.04 Å². The molecule has 2 nitrogen and oxygen atoms in total. The quantitative estimate of drug-likeness (QED) is 0.474. The van der Waals surface area contributed by atoms with Crippen molar-refractivity contribution >= 4 is 22.5 Å². The van der Waals surface area contributed by atoms with Gasteiger partial charge in [-0.3, -0.25) is 11.3 Å². The van der Waals surface area contributed by atoms with Gasteiger partial charge in [-0.2, -0.15) is 11.8 Å². The molecule has 2 aromatic rings. The van der Waals surface area contributed by atoms with E-state index in [9.17, 15) is 0 Å². The second-order valence-corrected chi connectivity index (χ2v) is 5.51. The van der Waals surface area contributed by atoms with Gasteiger partial charge in [-0.25, -0.2) is 0 Å². The van der Waals surface area contributed by atoms with E-state index in [2.05, 4.69) is 54.8 Å². The molecule has 1 unspecified atom stereocenters. The Morgan fingerprint density at radius 2 is 1.94 bits per heavy atom. The number of fused-ring (bicyclic) bond motifs is 1. The van der Waals surface area contributed by atoms with Crippen LogP contribution >= 0.6 is 11.8 Å². The van der Waals surface area contributed by atoms with E-state index in [0.717, 1.165) is 5.75 Å². The largest absolute Gasteiger partial charge is 0.271 e. The van der Waals surface area contributed by atoms with E-state index in [1.165, 1.54) is 28.5 Å². The second kappa shape index (κ2) is 6.78. The van der Waals surface area contributed by atoms with E-state index in [1.807, 2.05) is 11.8 Å². The first-order valence-corrected chi connectivity index (χ1v) is 7.53. The fourth-order valence-corrected chi connectivity index (χ4v) is 3.09. The van der Waals surface area contributed by atoms with Crippen molar-refractivity contribution in [1.82, 2.24) is 5.43 Å². The first kappa shape index (κ1) is 13.4. The molecule has 96 valence electrons. The Kier molecular flexibility index (Phi) is 5.05. The third-order valence-electron chi connectivity index (χ3n) is 3.03. The lowest BCUT2D eigenvalue weighted by Crippen LogP contribution is -2.29. The molecule has 1 atom stereocenters.